The maximum absolute atomic E-state index is 11.9. The molecule has 0 spiro atoms. The fourth-order valence-corrected chi connectivity index (χ4v) is 3.75. The molecule has 1 heteroatoms. The van der Waals surface area contributed by atoms with Crippen LogP contribution in [0.3, 0.4) is 0 Å². The van der Waals surface area contributed by atoms with Crippen molar-refractivity contribution in [1.82, 2.24) is 0 Å². The van der Waals surface area contributed by atoms with Gasteiger partial charge in [-0.2, -0.15) is 0 Å². The van der Waals surface area contributed by atoms with E-state index in [0.717, 1.165) is 12.0 Å². The molecule has 20 heavy (non-hydrogen) atoms. The van der Waals surface area contributed by atoms with Crippen molar-refractivity contribution in [2.75, 3.05) is 0 Å². The SMILES string of the molecule is CCc1cc2c(cc1C(C)=O)C(C)(C)C[C@@H](C)C2(C)C. The second kappa shape index (κ2) is 4.72. The molecule has 0 saturated heterocycles. The minimum absolute atomic E-state index is 0.154. The summed E-state index contributed by atoms with van der Waals surface area (Å²) in [5.41, 5.74) is 5.29. The zero-order valence-electron chi connectivity index (χ0n) is 14.1. The minimum atomic E-state index is 0.154. The summed E-state index contributed by atoms with van der Waals surface area (Å²) < 4.78 is 0. The van der Waals surface area contributed by atoms with Gasteiger partial charge in [0, 0.05) is 5.56 Å². The summed E-state index contributed by atoms with van der Waals surface area (Å²) in [6, 6.07) is 4.49. The predicted octanol–water partition coefficient (Wildman–Crippen LogP) is 5.05. The minimum Gasteiger partial charge on any atom is -0.295 e. The van der Waals surface area contributed by atoms with Crippen LogP contribution in [-0.4, -0.2) is 5.78 Å². The molecule has 0 fully saturated rings. The molecule has 0 N–H and O–H groups in total. The number of hydrogen-bond donors (Lipinski definition) is 0. The summed E-state index contributed by atoms with van der Waals surface area (Å²) >= 11 is 0. The van der Waals surface area contributed by atoms with Gasteiger partial charge >= 0.3 is 0 Å². The molecule has 1 atom stereocenters. The summed E-state index contributed by atoms with van der Waals surface area (Å²) in [5, 5.41) is 0. The summed E-state index contributed by atoms with van der Waals surface area (Å²) in [5.74, 6) is 0.842. The Morgan fingerprint density at radius 2 is 1.80 bits per heavy atom. The van der Waals surface area contributed by atoms with Crippen molar-refractivity contribution >= 4 is 5.78 Å². The van der Waals surface area contributed by atoms with E-state index in [1.807, 2.05) is 0 Å². The average Bonchev–Trinajstić information content (AvgIpc) is 2.34. The first-order valence-corrected chi connectivity index (χ1v) is 7.80. The van der Waals surface area contributed by atoms with Gasteiger partial charge in [0.25, 0.3) is 0 Å². The highest BCUT2D eigenvalue weighted by molar-refractivity contribution is 5.96. The van der Waals surface area contributed by atoms with Gasteiger partial charge in [-0.3, -0.25) is 4.79 Å². The van der Waals surface area contributed by atoms with Crippen LogP contribution >= 0.6 is 0 Å². The molecule has 2 rings (SSSR count). The molecule has 0 amide bonds. The molecule has 0 heterocycles. The molecule has 1 aromatic rings. The smallest absolute Gasteiger partial charge is 0.160 e. The van der Waals surface area contributed by atoms with Crippen LogP contribution in [-0.2, 0) is 17.3 Å². The number of rotatable bonds is 2. The van der Waals surface area contributed by atoms with Crippen LogP contribution in [0, 0.1) is 5.92 Å². The average molecular weight is 272 g/mol. The van der Waals surface area contributed by atoms with Crippen molar-refractivity contribution in [2.24, 2.45) is 5.92 Å². The Balaban J connectivity index is 2.77. The summed E-state index contributed by atoms with van der Waals surface area (Å²) in [6.07, 6.45) is 2.10. The number of aryl methyl sites for hydroxylation is 1. The molecule has 0 bridgehead atoms. The fourth-order valence-electron chi connectivity index (χ4n) is 3.75. The lowest BCUT2D eigenvalue weighted by atomic mass is 9.57. The van der Waals surface area contributed by atoms with E-state index in [2.05, 4.69) is 53.7 Å². The Bertz CT molecular complexity index is 549. The van der Waals surface area contributed by atoms with E-state index in [0.29, 0.717) is 5.92 Å². The van der Waals surface area contributed by atoms with Gasteiger partial charge in [0.15, 0.2) is 5.78 Å². The Morgan fingerprint density at radius 1 is 1.20 bits per heavy atom. The van der Waals surface area contributed by atoms with Crippen molar-refractivity contribution in [1.29, 1.82) is 0 Å². The summed E-state index contributed by atoms with van der Waals surface area (Å²) in [4.78, 5) is 11.9. The number of carbonyl (C=O) groups excluding carboxylic acids is 1. The van der Waals surface area contributed by atoms with E-state index in [-0.39, 0.29) is 16.6 Å². The van der Waals surface area contributed by atoms with E-state index in [4.69, 9.17) is 0 Å². The molecule has 1 aromatic carbocycles. The Morgan fingerprint density at radius 3 is 2.30 bits per heavy atom. The number of ketones is 1. The molecule has 1 aliphatic carbocycles. The quantitative estimate of drug-likeness (QED) is 0.689. The monoisotopic (exact) mass is 272 g/mol. The summed E-state index contributed by atoms with van der Waals surface area (Å²) in [7, 11) is 0. The van der Waals surface area contributed by atoms with E-state index >= 15 is 0 Å². The molecule has 0 aliphatic heterocycles. The van der Waals surface area contributed by atoms with Crippen molar-refractivity contribution < 1.29 is 4.79 Å². The third kappa shape index (κ3) is 2.21. The summed E-state index contributed by atoms with van der Waals surface area (Å²) in [6.45, 7) is 15.5. The first-order chi connectivity index (χ1) is 9.11. The number of benzene rings is 1. The molecule has 0 saturated carbocycles. The maximum atomic E-state index is 11.9. The van der Waals surface area contributed by atoms with Crippen molar-refractivity contribution in [2.45, 2.75) is 72.1 Å². The van der Waals surface area contributed by atoms with Crippen LogP contribution in [0.4, 0.5) is 0 Å². The lowest BCUT2D eigenvalue weighted by molar-refractivity contribution is 0.101. The molecule has 1 nitrogen and oxygen atoms in total. The molecule has 0 unspecified atom stereocenters. The van der Waals surface area contributed by atoms with Gasteiger partial charge in [0.05, 0.1) is 0 Å². The zero-order chi connectivity index (χ0) is 15.3. The topological polar surface area (TPSA) is 17.1 Å². The number of carbonyl (C=O) groups is 1. The molecular weight excluding hydrogens is 244 g/mol. The maximum Gasteiger partial charge on any atom is 0.160 e. The normalized spacial score (nSPS) is 23.2. The third-order valence-electron chi connectivity index (χ3n) is 5.48. The highest BCUT2D eigenvalue weighted by atomic mass is 16.1. The highest BCUT2D eigenvalue weighted by Crippen LogP contribution is 2.49. The molecule has 1 aliphatic rings. The number of fused-ring (bicyclic) bond motifs is 1. The molecule has 110 valence electrons. The fraction of sp³-hybridized carbons (Fsp3) is 0.632. The largest absolute Gasteiger partial charge is 0.295 e. The van der Waals surface area contributed by atoms with Gasteiger partial charge < -0.3 is 0 Å². The third-order valence-corrected chi connectivity index (χ3v) is 5.48. The van der Waals surface area contributed by atoms with Gasteiger partial charge in [-0.15, -0.1) is 0 Å². The van der Waals surface area contributed by atoms with E-state index in [1.54, 1.807) is 6.92 Å². The predicted molar refractivity (Wildman–Crippen MR) is 85.7 cm³/mol. The van der Waals surface area contributed by atoms with Crippen molar-refractivity contribution in [3.63, 3.8) is 0 Å². The van der Waals surface area contributed by atoms with Gasteiger partial charge in [0.2, 0.25) is 0 Å². The van der Waals surface area contributed by atoms with E-state index in [9.17, 15) is 4.79 Å². The van der Waals surface area contributed by atoms with Crippen LogP contribution in [0.2, 0.25) is 0 Å². The van der Waals surface area contributed by atoms with Crippen molar-refractivity contribution in [3.05, 3.63) is 34.4 Å². The van der Waals surface area contributed by atoms with Crippen LogP contribution in [0.15, 0.2) is 12.1 Å². The zero-order valence-corrected chi connectivity index (χ0v) is 14.1. The molecule has 0 radical (unpaired) electrons. The Hall–Kier alpha value is -1.11. The van der Waals surface area contributed by atoms with Crippen LogP contribution in [0.1, 0.15) is 81.9 Å². The van der Waals surface area contributed by atoms with Gasteiger partial charge in [0.1, 0.15) is 0 Å². The second-order valence-electron chi connectivity index (χ2n) is 7.68. The van der Waals surface area contributed by atoms with Crippen molar-refractivity contribution in [3.8, 4) is 0 Å². The first-order valence-electron chi connectivity index (χ1n) is 7.80. The standard InChI is InChI=1S/C19H28O/c1-8-14-9-17-16(10-15(14)13(3)20)18(4,5)11-12(2)19(17,6)7/h9-10,12H,8,11H2,1-7H3/t12-/m1/s1. The van der Waals surface area contributed by atoms with Crippen LogP contribution in [0.25, 0.3) is 0 Å². The van der Waals surface area contributed by atoms with Crippen LogP contribution in [0.5, 0.6) is 0 Å². The van der Waals surface area contributed by atoms with Gasteiger partial charge in [-0.05, 0) is 59.3 Å². The number of hydrogen-bond acceptors (Lipinski definition) is 1. The molecular formula is C19H28O. The second-order valence-corrected chi connectivity index (χ2v) is 7.68. The van der Waals surface area contributed by atoms with Gasteiger partial charge in [-0.25, -0.2) is 0 Å². The van der Waals surface area contributed by atoms with E-state index in [1.165, 1.54) is 23.1 Å². The molecule has 0 aromatic heterocycles. The van der Waals surface area contributed by atoms with E-state index < -0.39 is 0 Å². The van der Waals surface area contributed by atoms with Gasteiger partial charge in [-0.1, -0.05) is 47.6 Å². The Kier molecular flexibility index (Phi) is 3.60. The lowest BCUT2D eigenvalue weighted by Crippen LogP contribution is -2.40. The number of Topliss-reactive ketones (excluding diaryl/α,β-unsaturated/α-hetero) is 1. The highest BCUT2D eigenvalue weighted by Gasteiger charge is 2.42. The Labute approximate surface area is 123 Å². The lowest BCUT2D eigenvalue weighted by Gasteiger charge is -2.47. The van der Waals surface area contributed by atoms with Crippen LogP contribution < -0.4 is 0 Å². The first kappa shape index (κ1) is 15.3.